The number of anilines is 2. The molecule has 2 bridgehead atoms. The average molecular weight is 1110 g/mol. The van der Waals surface area contributed by atoms with Crippen LogP contribution in [0.1, 0.15) is 119 Å². The van der Waals surface area contributed by atoms with E-state index in [4.69, 9.17) is 28.9 Å². The molecule has 428 valence electrons. The van der Waals surface area contributed by atoms with Gasteiger partial charge in [0.25, 0.3) is 0 Å². The molecule has 20 nitrogen and oxygen atoms in total. The zero-order chi connectivity index (χ0) is 56.6. The van der Waals surface area contributed by atoms with E-state index in [0.29, 0.717) is 67.9 Å². The SMILES string of the molecule is CC1c2c(ncc3c(N4CCC5CNC(C5)C4)nc(OC[C@]45CCCN4[C@H](COC(=O)N4CCN(c6cc([C@@H](C(=O)N7C[C@H](O)C[C@H]7C(=O)N[C@@H](C)c7ccc(C#N)cc7)C(C)C)on6)CC4)CC5)nc23)-c2cc(O)cc3cccc1c23. The van der Waals surface area contributed by atoms with Gasteiger partial charge in [-0.1, -0.05) is 56.3 Å². The first-order valence-corrected chi connectivity index (χ1v) is 29.5. The lowest BCUT2D eigenvalue weighted by molar-refractivity contribution is -0.141. The molecule has 13 rings (SSSR count). The Morgan fingerprint density at radius 2 is 1.79 bits per heavy atom. The Bertz CT molecular complexity index is 3490. The fourth-order valence-electron chi connectivity index (χ4n) is 14.7. The van der Waals surface area contributed by atoms with Crippen molar-refractivity contribution >= 4 is 51.2 Å². The number of ether oxygens (including phenoxy) is 2. The van der Waals surface area contributed by atoms with E-state index in [1.54, 1.807) is 35.2 Å². The summed E-state index contributed by atoms with van der Waals surface area (Å²) in [5, 5.41) is 45.0. The van der Waals surface area contributed by atoms with Crippen LogP contribution in [0.15, 0.2) is 71.4 Å². The Kier molecular flexibility index (Phi) is 14.2. The van der Waals surface area contributed by atoms with E-state index < -0.39 is 18.1 Å². The number of nitrogens with one attached hydrogen (secondary N) is 2. The molecule has 0 spiro atoms. The number of aromatic nitrogens is 4. The molecule has 6 saturated heterocycles. The van der Waals surface area contributed by atoms with Crippen LogP contribution >= 0.6 is 0 Å². The summed E-state index contributed by atoms with van der Waals surface area (Å²) in [4.78, 5) is 67.6. The number of amides is 3. The molecular formula is C62H72N12O8. The summed E-state index contributed by atoms with van der Waals surface area (Å²) in [5.74, 6) is 0.926. The van der Waals surface area contributed by atoms with E-state index in [-0.39, 0.29) is 72.7 Å². The van der Waals surface area contributed by atoms with Gasteiger partial charge in [0.2, 0.25) is 11.8 Å². The van der Waals surface area contributed by atoms with Gasteiger partial charge in [0, 0.05) is 93.6 Å². The molecule has 1 aliphatic carbocycles. The zero-order valence-corrected chi connectivity index (χ0v) is 47.1. The van der Waals surface area contributed by atoms with E-state index in [9.17, 15) is 29.9 Å². The van der Waals surface area contributed by atoms with Crippen LogP contribution in [-0.4, -0.2) is 165 Å². The predicted octanol–water partition coefficient (Wildman–Crippen LogP) is 6.98. The monoisotopic (exact) mass is 1110 g/mol. The summed E-state index contributed by atoms with van der Waals surface area (Å²) in [6.45, 7) is 14.0. The lowest BCUT2D eigenvalue weighted by atomic mass is 9.79. The number of phenols is 1. The number of phenolic OH excluding ortho intramolecular Hbond substituents is 1. The maximum atomic E-state index is 14.4. The molecule has 20 heteroatoms. The highest BCUT2D eigenvalue weighted by molar-refractivity contribution is 6.06. The zero-order valence-electron chi connectivity index (χ0n) is 47.1. The van der Waals surface area contributed by atoms with Gasteiger partial charge in [-0.05, 0) is 117 Å². The van der Waals surface area contributed by atoms with Crippen molar-refractivity contribution in [2.75, 3.05) is 81.9 Å². The third-order valence-electron chi connectivity index (χ3n) is 19.0. The van der Waals surface area contributed by atoms with Gasteiger partial charge in [-0.15, -0.1) is 0 Å². The molecule has 6 fully saturated rings. The Labute approximate surface area is 476 Å². The van der Waals surface area contributed by atoms with Gasteiger partial charge in [0.05, 0.1) is 45.9 Å². The van der Waals surface area contributed by atoms with Crippen LogP contribution in [0.3, 0.4) is 0 Å². The van der Waals surface area contributed by atoms with Crippen LogP contribution in [0.5, 0.6) is 11.8 Å². The molecule has 9 heterocycles. The standard InChI is InChI=1S/C62H72N12O8/c1-35(2)52(59(78)73-32-45(76)26-49(73)58(77)66-37(4)40-11-9-38(28-63)10-12-40)50-27-51(69-82-50)70-19-21-71(22-20-70)61(79)80-33-43-13-16-62(15-6-17-74(43)62)34-81-60-67-56-48(57(68-60)72-18-14-39-23-42(31-72)64-29-39)30-65-55-47-25-44(75)24-41-7-5-8-46(54(41)47)36(3)53(55)56/h5,7-12,24-25,27,30,35-37,39,42-43,45,49,52,64,75-76H,6,13-23,26,29,31-34H2,1-4H3,(H,66,77)/t36?,37-,39?,42?,43-,45+,49-,52-,62+/m0/s1. The number of likely N-dealkylation sites (tertiary alicyclic amines) is 1. The van der Waals surface area contributed by atoms with Gasteiger partial charge < -0.3 is 54.4 Å². The average Bonchev–Trinajstić information content (AvgIpc) is 4.54. The van der Waals surface area contributed by atoms with Crippen molar-refractivity contribution in [2.45, 2.75) is 120 Å². The second kappa shape index (κ2) is 21.6. The van der Waals surface area contributed by atoms with Crippen LogP contribution in [-0.2, 0) is 14.3 Å². The van der Waals surface area contributed by atoms with Crippen molar-refractivity contribution < 1.29 is 38.6 Å². The molecular weight excluding hydrogens is 1040 g/mol. The molecule has 3 aromatic heterocycles. The van der Waals surface area contributed by atoms with E-state index in [1.807, 2.05) is 50.1 Å². The van der Waals surface area contributed by atoms with Crippen molar-refractivity contribution in [3.05, 3.63) is 94.9 Å². The number of hydrogen-bond acceptors (Lipinski definition) is 17. The molecule has 4 N–H and O–H groups in total. The number of hydrogen-bond donors (Lipinski definition) is 4. The first-order chi connectivity index (χ1) is 39.7. The van der Waals surface area contributed by atoms with Crippen molar-refractivity contribution in [1.29, 1.82) is 5.26 Å². The quantitative estimate of drug-likeness (QED) is 0.0912. The number of carbonyl (C=O) groups is 3. The van der Waals surface area contributed by atoms with E-state index in [1.165, 1.54) is 10.5 Å². The van der Waals surface area contributed by atoms with E-state index in [2.05, 4.69) is 50.7 Å². The van der Waals surface area contributed by atoms with Crippen molar-refractivity contribution in [1.82, 2.24) is 45.4 Å². The molecule has 3 amide bonds. The number of carbonyl (C=O) groups excluding carboxylic acids is 3. The second-order valence-electron chi connectivity index (χ2n) is 24.4. The third kappa shape index (κ3) is 9.77. The van der Waals surface area contributed by atoms with Gasteiger partial charge in [0.15, 0.2) is 11.6 Å². The van der Waals surface area contributed by atoms with E-state index in [0.717, 1.165) is 115 Å². The fourth-order valence-corrected chi connectivity index (χ4v) is 14.7. The summed E-state index contributed by atoms with van der Waals surface area (Å²) in [6, 6.07) is 20.3. The first-order valence-electron chi connectivity index (χ1n) is 29.5. The van der Waals surface area contributed by atoms with Crippen LogP contribution in [0.4, 0.5) is 16.4 Å². The fraction of sp³-hybridized carbons (Fsp3) is 0.516. The number of piperazine rings is 1. The minimum Gasteiger partial charge on any atom is -0.508 e. The number of pyridine rings is 1. The van der Waals surface area contributed by atoms with Gasteiger partial charge in [-0.3, -0.25) is 19.5 Å². The molecule has 0 radical (unpaired) electrons. The van der Waals surface area contributed by atoms with Crippen LogP contribution in [0.25, 0.3) is 32.9 Å². The van der Waals surface area contributed by atoms with Crippen LogP contribution < -0.4 is 25.2 Å². The highest BCUT2D eigenvalue weighted by Crippen LogP contribution is 2.49. The lowest BCUT2D eigenvalue weighted by Gasteiger charge is -2.36. The summed E-state index contributed by atoms with van der Waals surface area (Å²) < 4.78 is 18.9. The number of aliphatic hydroxyl groups excluding tert-OH is 1. The highest BCUT2D eigenvalue weighted by Gasteiger charge is 2.51. The Hall–Kier alpha value is -7.60. The number of fused-ring (bicyclic) bond motifs is 7. The first kappa shape index (κ1) is 53.7. The van der Waals surface area contributed by atoms with Crippen molar-refractivity contribution in [2.24, 2.45) is 11.8 Å². The Balaban J connectivity index is 0.649. The maximum absolute atomic E-state index is 14.4. The predicted molar refractivity (Wildman–Crippen MR) is 306 cm³/mol. The van der Waals surface area contributed by atoms with Gasteiger partial charge in [0.1, 0.15) is 36.7 Å². The lowest BCUT2D eigenvalue weighted by Crippen LogP contribution is -2.50. The number of benzene rings is 3. The van der Waals surface area contributed by atoms with Crippen LogP contribution in [0, 0.1) is 23.2 Å². The topological polar surface area (TPSA) is 239 Å². The molecule has 0 saturated carbocycles. The number of β-amino-alcohol motifs (C(OH)–C–C–N with tert-alkyl or cyclic N) is 1. The van der Waals surface area contributed by atoms with Gasteiger partial charge in [-0.25, -0.2) is 4.79 Å². The Morgan fingerprint density at radius 1 is 0.963 bits per heavy atom. The molecule has 3 aromatic carbocycles. The molecule has 7 aliphatic rings. The van der Waals surface area contributed by atoms with E-state index >= 15 is 0 Å². The molecule has 3 unspecified atom stereocenters. The minimum atomic E-state index is -0.878. The summed E-state index contributed by atoms with van der Waals surface area (Å²) in [5.41, 5.74) is 5.82. The van der Waals surface area contributed by atoms with Crippen molar-refractivity contribution in [3.8, 4) is 29.1 Å². The smallest absolute Gasteiger partial charge is 0.409 e. The van der Waals surface area contributed by atoms with Gasteiger partial charge >= 0.3 is 12.1 Å². The molecule has 9 atom stereocenters. The number of aliphatic hydroxyl groups is 1. The normalized spacial score (nSPS) is 25.7. The largest absolute Gasteiger partial charge is 0.508 e. The number of aromatic hydroxyl groups is 1. The summed E-state index contributed by atoms with van der Waals surface area (Å²) in [7, 11) is 0. The third-order valence-corrected chi connectivity index (χ3v) is 19.0. The summed E-state index contributed by atoms with van der Waals surface area (Å²) in [6.07, 6.45) is 6.77. The molecule has 6 aliphatic heterocycles. The van der Waals surface area contributed by atoms with Gasteiger partial charge in [-0.2, -0.15) is 15.2 Å². The van der Waals surface area contributed by atoms with Crippen LogP contribution in [0.2, 0.25) is 0 Å². The number of nitrogens with zero attached hydrogens (tertiary/aromatic N) is 10. The number of rotatable bonds is 13. The number of nitriles is 1. The minimum absolute atomic E-state index is 0.0152. The maximum Gasteiger partial charge on any atom is 0.409 e. The second-order valence-corrected chi connectivity index (χ2v) is 24.4. The summed E-state index contributed by atoms with van der Waals surface area (Å²) >= 11 is 0. The molecule has 82 heavy (non-hydrogen) atoms. The Morgan fingerprint density at radius 3 is 2.60 bits per heavy atom. The van der Waals surface area contributed by atoms with Crippen molar-refractivity contribution in [3.63, 3.8) is 0 Å². The molecule has 6 aromatic rings. The highest BCUT2D eigenvalue weighted by atomic mass is 16.6.